The lowest BCUT2D eigenvalue weighted by atomic mass is 9.93. The van der Waals surface area contributed by atoms with Gasteiger partial charge < -0.3 is 9.47 Å². The number of aromatic nitrogens is 1. The van der Waals surface area contributed by atoms with Crippen LogP contribution in [0.25, 0.3) is 6.08 Å². The van der Waals surface area contributed by atoms with Crippen molar-refractivity contribution in [3.8, 4) is 11.5 Å². The molecule has 7 heteroatoms. The molecule has 1 aliphatic heterocycles. The molecule has 0 aliphatic carbocycles. The van der Waals surface area contributed by atoms with Crippen LogP contribution in [0, 0.1) is 0 Å². The lowest BCUT2D eigenvalue weighted by molar-refractivity contribution is -0.136. The molecule has 1 aromatic heterocycles. The number of methoxy groups -OCH3 is 1. The molecule has 3 aromatic carbocycles. The molecule has 1 atom stereocenters. The van der Waals surface area contributed by atoms with E-state index in [0.717, 1.165) is 16.9 Å². The van der Waals surface area contributed by atoms with E-state index in [-0.39, 0.29) is 5.56 Å². The average molecular weight is 525 g/mol. The van der Waals surface area contributed by atoms with E-state index >= 15 is 0 Å². The van der Waals surface area contributed by atoms with Crippen molar-refractivity contribution in [2.45, 2.75) is 32.7 Å². The van der Waals surface area contributed by atoms with Gasteiger partial charge in [-0.15, -0.1) is 0 Å². The molecule has 0 saturated carbocycles. The Hall–Kier alpha value is -4.23. The van der Waals surface area contributed by atoms with E-state index in [1.807, 2.05) is 84.9 Å². The Bertz CT molecular complexity index is 1700. The Morgan fingerprint density at radius 1 is 1.00 bits per heavy atom. The number of hydrogen-bond donors (Lipinski definition) is 0. The minimum Gasteiger partial charge on any atom is -0.466 e. The number of rotatable bonds is 6. The fourth-order valence-electron chi connectivity index (χ4n) is 4.52. The van der Waals surface area contributed by atoms with Crippen molar-refractivity contribution in [1.29, 1.82) is 0 Å². The van der Waals surface area contributed by atoms with Crippen molar-refractivity contribution in [3.63, 3.8) is 0 Å². The summed E-state index contributed by atoms with van der Waals surface area (Å²) in [5.41, 5.74) is 3.53. The molecule has 38 heavy (non-hydrogen) atoms. The Labute approximate surface area is 224 Å². The molecule has 1 unspecified atom stereocenters. The smallest absolute Gasteiger partial charge is 0.338 e. The van der Waals surface area contributed by atoms with Gasteiger partial charge in [0.15, 0.2) is 4.80 Å². The first kappa shape index (κ1) is 25.4. The highest BCUT2D eigenvalue weighted by atomic mass is 32.1. The van der Waals surface area contributed by atoms with Crippen molar-refractivity contribution in [1.82, 2.24) is 4.57 Å². The molecule has 4 aromatic rings. The SMILES string of the molecule is COC(=O)C1=C(C)N=c2sc(=Cc3cccc(Oc4ccccc4)c3)c(=O)n2C1c1ccc(C(C)C)cc1. The summed E-state index contributed by atoms with van der Waals surface area (Å²) in [6.45, 7) is 6.03. The van der Waals surface area contributed by atoms with Crippen LogP contribution in [-0.2, 0) is 9.53 Å². The number of fused-ring (bicyclic) bond motifs is 1. The Morgan fingerprint density at radius 3 is 2.39 bits per heavy atom. The standard InChI is InChI=1S/C31H28N2O4S/c1-19(2)22-13-15-23(16-14-22)28-27(30(35)36-4)20(3)32-31-33(28)29(34)26(38-31)18-21-9-8-12-25(17-21)37-24-10-6-5-7-11-24/h5-19,28H,1-4H3. The minimum atomic E-state index is -0.630. The second kappa shape index (κ2) is 10.6. The third-order valence-corrected chi connectivity index (χ3v) is 7.46. The molecule has 0 amide bonds. The van der Waals surface area contributed by atoms with E-state index < -0.39 is 12.0 Å². The van der Waals surface area contributed by atoms with E-state index in [2.05, 4.69) is 18.8 Å². The number of hydrogen-bond acceptors (Lipinski definition) is 6. The molecule has 0 fully saturated rings. The molecule has 1 aliphatic rings. The highest BCUT2D eigenvalue weighted by Crippen LogP contribution is 2.31. The molecule has 0 saturated heterocycles. The quantitative estimate of drug-likeness (QED) is 0.320. The van der Waals surface area contributed by atoms with Gasteiger partial charge in [0.05, 0.1) is 29.0 Å². The maximum absolute atomic E-state index is 13.8. The van der Waals surface area contributed by atoms with Crippen LogP contribution in [0.3, 0.4) is 0 Å². The summed E-state index contributed by atoms with van der Waals surface area (Å²) in [6, 6.07) is 24.5. The molecule has 0 N–H and O–H groups in total. The fraction of sp³-hybridized carbons (Fsp3) is 0.194. The molecule has 192 valence electrons. The Morgan fingerprint density at radius 2 is 1.71 bits per heavy atom. The number of esters is 1. The number of thiazole rings is 1. The minimum absolute atomic E-state index is 0.213. The van der Waals surface area contributed by atoms with Crippen LogP contribution in [0.5, 0.6) is 11.5 Å². The van der Waals surface area contributed by atoms with Crippen molar-refractivity contribution in [2.75, 3.05) is 7.11 Å². The predicted molar refractivity (Wildman–Crippen MR) is 149 cm³/mol. The van der Waals surface area contributed by atoms with E-state index in [0.29, 0.717) is 32.3 Å². The third-order valence-electron chi connectivity index (χ3n) is 6.48. The van der Waals surface area contributed by atoms with Crippen molar-refractivity contribution >= 4 is 23.4 Å². The molecule has 0 bridgehead atoms. The van der Waals surface area contributed by atoms with Crippen LogP contribution in [0.15, 0.2) is 99.9 Å². The fourth-order valence-corrected chi connectivity index (χ4v) is 5.56. The van der Waals surface area contributed by atoms with Crippen molar-refractivity contribution in [3.05, 3.63) is 127 Å². The molecule has 2 heterocycles. The highest BCUT2D eigenvalue weighted by Gasteiger charge is 2.33. The lowest BCUT2D eigenvalue weighted by Crippen LogP contribution is -2.39. The van der Waals surface area contributed by atoms with Crippen LogP contribution in [-0.4, -0.2) is 17.6 Å². The topological polar surface area (TPSA) is 69.9 Å². The number of nitrogens with zero attached hydrogens (tertiary/aromatic N) is 2. The first-order chi connectivity index (χ1) is 18.4. The van der Waals surface area contributed by atoms with Gasteiger partial charge in [-0.25, -0.2) is 9.79 Å². The van der Waals surface area contributed by atoms with Gasteiger partial charge in [-0.1, -0.05) is 79.8 Å². The van der Waals surface area contributed by atoms with Gasteiger partial charge >= 0.3 is 5.97 Å². The van der Waals surface area contributed by atoms with Crippen LogP contribution in [0.1, 0.15) is 49.4 Å². The largest absolute Gasteiger partial charge is 0.466 e. The van der Waals surface area contributed by atoms with Crippen LogP contribution in [0.2, 0.25) is 0 Å². The first-order valence-corrected chi connectivity index (χ1v) is 13.2. The van der Waals surface area contributed by atoms with E-state index in [1.54, 1.807) is 11.5 Å². The van der Waals surface area contributed by atoms with Crippen LogP contribution in [0.4, 0.5) is 0 Å². The normalized spacial score (nSPS) is 15.3. The maximum Gasteiger partial charge on any atom is 0.338 e. The lowest BCUT2D eigenvalue weighted by Gasteiger charge is -2.24. The van der Waals surface area contributed by atoms with Crippen LogP contribution >= 0.6 is 11.3 Å². The number of ether oxygens (including phenoxy) is 2. The van der Waals surface area contributed by atoms with E-state index in [1.165, 1.54) is 24.0 Å². The second-order valence-corrected chi connectivity index (χ2v) is 10.4. The summed E-state index contributed by atoms with van der Waals surface area (Å²) in [6.07, 6.45) is 1.83. The van der Waals surface area contributed by atoms with Crippen molar-refractivity contribution < 1.29 is 14.3 Å². The van der Waals surface area contributed by atoms with Gasteiger partial charge in [0, 0.05) is 0 Å². The number of allylic oxidation sites excluding steroid dienone is 1. The molecule has 5 rings (SSSR count). The Balaban J connectivity index is 1.61. The van der Waals surface area contributed by atoms with E-state index in [9.17, 15) is 9.59 Å². The summed E-state index contributed by atoms with van der Waals surface area (Å²) >= 11 is 1.30. The zero-order valence-electron chi connectivity index (χ0n) is 21.7. The van der Waals surface area contributed by atoms with Gasteiger partial charge in [0.25, 0.3) is 5.56 Å². The maximum atomic E-state index is 13.8. The van der Waals surface area contributed by atoms with Gasteiger partial charge in [-0.2, -0.15) is 0 Å². The zero-order chi connectivity index (χ0) is 26.8. The summed E-state index contributed by atoms with van der Waals surface area (Å²) < 4.78 is 13.2. The summed E-state index contributed by atoms with van der Waals surface area (Å²) in [5, 5.41) is 0. The number of carbonyl (C=O) groups is 1. The second-order valence-electron chi connectivity index (χ2n) is 9.38. The van der Waals surface area contributed by atoms with Gasteiger partial charge in [0.1, 0.15) is 11.5 Å². The van der Waals surface area contributed by atoms with Gasteiger partial charge in [-0.05, 0) is 59.9 Å². The Kier molecular flexibility index (Phi) is 7.11. The molecular formula is C31H28N2O4S. The molecule has 6 nitrogen and oxygen atoms in total. The van der Waals surface area contributed by atoms with Crippen molar-refractivity contribution in [2.24, 2.45) is 4.99 Å². The van der Waals surface area contributed by atoms with Crippen LogP contribution < -0.4 is 19.6 Å². The summed E-state index contributed by atoms with van der Waals surface area (Å²) in [4.78, 5) is 31.8. The monoisotopic (exact) mass is 524 g/mol. The third kappa shape index (κ3) is 4.97. The zero-order valence-corrected chi connectivity index (χ0v) is 22.5. The average Bonchev–Trinajstić information content (AvgIpc) is 3.22. The summed E-state index contributed by atoms with van der Waals surface area (Å²) in [5.74, 6) is 1.28. The predicted octanol–water partition coefficient (Wildman–Crippen LogP) is 5.32. The number of carbonyl (C=O) groups excluding carboxylic acids is 1. The molecular weight excluding hydrogens is 496 g/mol. The van der Waals surface area contributed by atoms with Gasteiger partial charge in [-0.3, -0.25) is 9.36 Å². The van der Waals surface area contributed by atoms with Gasteiger partial charge in [0.2, 0.25) is 0 Å². The number of para-hydroxylation sites is 1. The molecule has 0 spiro atoms. The highest BCUT2D eigenvalue weighted by molar-refractivity contribution is 7.07. The first-order valence-electron chi connectivity index (χ1n) is 12.4. The number of benzene rings is 3. The molecule has 0 radical (unpaired) electrons. The van der Waals surface area contributed by atoms with E-state index in [4.69, 9.17) is 9.47 Å². The summed E-state index contributed by atoms with van der Waals surface area (Å²) in [7, 11) is 1.34.